The molecule has 3 nitrogen and oxygen atoms in total. The van der Waals surface area contributed by atoms with Crippen molar-refractivity contribution in [3.8, 4) is 0 Å². The molecule has 0 spiro atoms. The lowest BCUT2D eigenvalue weighted by Crippen LogP contribution is -2.38. The molecule has 1 saturated carbocycles. The molecule has 0 N–H and O–H groups in total. The summed E-state index contributed by atoms with van der Waals surface area (Å²) in [7, 11) is 0. The first-order chi connectivity index (χ1) is 13.9. The number of hydrogen-bond donors (Lipinski definition) is 0. The highest BCUT2D eigenvalue weighted by Crippen LogP contribution is 2.62. The van der Waals surface area contributed by atoms with Gasteiger partial charge in [0.15, 0.2) is 0 Å². The summed E-state index contributed by atoms with van der Waals surface area (Å²) in [5.74, 6) is -3.09. The Balaban J connectivity index is 1.83. The highest BCUT2D eigenvalue weighted by molar-refractivity contribution is 7.06. The van der Waals surface area contributed by atoms with Crippen molar-refractivity contribution in [2.24, 2.45) is 27.0 Å². The van der Waals surface area contributed by atoms with E-state index in [2.05, 4.69) is 63.1 Å². The summed E-state index contributed by atoms with van der Waals surface area (Å²) in [5, 5.41) is 9.12. The normalized spacial score (nSPS) is 26.1. The van der Waals surface area contributed by atoms with Gasteiger partial charge in [-0.1, -0.05) is 48.5 Å². The summed E-state index contributed by atoms with van der Waals surface area (Å²) in [6.45, 7) is 21.4. The van der Waals surface area contributed by atoms with Gasteiger partial charge in [-0.25, -0.2) is 8.78 Å². The zero-order valence-corrected chi connectivity index (χ0v) is 21.7. The number of nitrogens with zero attached hydrogens (tertiary/aromatic N) is 3. The first-order valence-electron chi connectivity index (χ1n) is 11.4. The Hall–Kier alpha value is -1.17. The van der Waals surface area contributed by atoms with Crippen LogP contribution in [0.4, 0.5) is 8.78 Å². The van der Waals surface area contributed by atoms with E-state index in [1.807, 2.05) is 20.8 Å². The molecule has 1 aromatic rings. The SMILES string of the molecule is CC1=C(C(C)(C)CCc2c(C)nsc2C(C)(C)C)C(C)(CC(C)(C)C2CC2(F)F)N=N1. The minimum atomic E-state index is -2.53. The summed E-state index contributed by atoms with van der Waals surface area (Å²) in [6, 6.07) is 0. The Morgan fingerprint density at radius 3 is 2.16 bits per heavy atom. The van der Waals surface area contributed by atoms with Gasteiger partial charge >= 0.3 is 0 Å². The fourth-order valence-corrected chi connectivity index (χ4v) is 6.90. The molecule has 2 aliphatic rings. The van der Waals surface area contributed by atoms with Crippen molar-refractivity contribution in [1.82, 2.24) is 4.37 Å². The molecule has 0 saturated heterocycles. The van der Waals surface area contributed by atoms with Crippen molar-refractivity contribution < 1.29 is 8.78 Å². The molecule has 31 heavy (non-hydrogen) atoms. The van der Waals surface area contributed by atoms with E-state index in [1.165, 1.54) is 16.0 Å². The maximum Gasteiger partial charge on any atom is 0.252 e. The molecule has 3 rings (SSSR count). The minimum absolute atomic E-state index is 0.00530. The van der Waals surface area contributed by atoms with Crippen LogP contribution in [0, 0.1) is 23.7 Å². The molecule has 1 aromatic heterocycles. The smallest absolute Gasteiger partial charge is 0.207 e. The van der Waals surface area contributed by atoms with Gasteiger partial charge < -0.3 is 0 Å². The first-order valence-corrected chi connectivity index (χ1v) is 12.2. The van der Waals surface area contributed by atoms with Crippen LogP contribution in [0.15, 0.2) is 21.5 Å². The van der Waals surface area contributed by atoms with Crippen LogP contribution < -0.4 is 0 Å². The van der Waals surface area contributed by atoms with Gasteiger partial charge in [-0.15, -0.1) is 0 Å². The monoisotopic (exact) mass is 451 g/mol. The molecule has 0 radical (unpaired) electrons. The van der Waals surface area contributed by atoms with Crippen LogP contribution in [-0.2, 0) is 11.8 Å². The molecule has 1 aliphatic carbocycles. The molecule has 2 atom stereocenters. The van der Waals surface area contributed by atoms with Gasteiger partial charge in [0.05, 0.1) is 11.4 Å². The molecule has 6 heteroatoms. The van der Waals surface area contributed by atoms with Gasteiger partial charge in [0.1, 0.15) is 5.54 Å². The summed E-state index contributed by atoms with van der Waals surface area (Å²) in [5.41, 5.74) is 3.53. The molecule has 174 valence electrons. The van der Waals surface area contributed by atoms with Gasteiger partial charge in [0.2, 0.25) is 0 Å². The first kappa shape index (κ1) is 24.5. The number of azo groups is 1. The van der Waals surface area contributed by atoms with Crippen molar-refractivity contribution in [1.29, 1.82) is 0 Å². The highest BCUT2D eigenvalue weighted by Gasteiger charge is 2.64. The number of rotatable bonds is 7. The third-order valence-electron chi connectivity index (χ3n) is 7.23. The second-order valence-corrected chi connectivity index (χ2v) is 13.1. The van der Waals surface area contributed by atoms with E-state index in [9.17, 15) is 8.78 Å². The average molecular weight is 452 g/mol. The van der Waals surface area contributed by atoms with Gasteiger partial charge in [0.25, 0.3) is 5.92 Å². The van der Waals surface area contributed by atoms with E-state index in [4.69, 9.17) is 0 Å². The third kappa shape index (κ3) is 4.65. The number of alkyl halides is 2. The number of allylic oxidation sites excluding steroid dienone is 1. The topological polar surface area (TPSA) is 37.6 Å². The Bertz CT molecular complexity index is 918. The maximum absolute atomic E-state index is 13.9. The van der Waals surface area contributed by atoms with Gasteiger partial charge in [-0.3, -0.25) is 0 Å². The van der Waals surface area contributed by atoms with E-state index < -0.39 is 22.8 Å². The van der Waals surface area contributed by atoms with Crippen LogP contribution in [-0.4, -0.2) is 15.8 Å². The molecule has 0 amide bonds. The van der Waals surface area contributed by atoms with E-state index in [0.29, 0.717) is 6.42 Å². The molecule has 2 unspecified atom stereocenters. The predicted molar refractivity (Wildman–Crippen MR) is 125 cm³/mol. The van der Waals surface area contributed by atoms with E-state index in [1.54, 1.807) is 11.5 Å². The Morgan fingerprint density at radius 2 is 1.65 bits per heavy atom. The van der Waals surface area contributed by atoms with Crippen LogP contribution in [0.3, 0.4) is 0 Å². The van der Waals surface area contributed by atoms with Gasteiger partial charge in [-0.2, -0.15) is 14.6 Å². The summed E-state index contributed by atoms with van der Waals surface area (Å²) in [6.07, 6.45) is 2.47. The lowest BCUT2D eigenvalue weighted by Gasteiger charge is -2.40. The van der Waals surface area contributed by atoms with E-state index >= 15 is 0 Å². The highest BCUT2D eigenvalue weighted by atomic mass is 32.1. The van der Waals surface area contributed by atoms with Gasteiger partial charge in [0, 0.05) is 17.2 Å². The molecule has 0 bridgehead atoms. The van der Waals surface area contributed by atoms with Crippen LogP contribution in [0.25, 0.3) is 0 Å². The van der Waals surface area contributed by atoms with Crippen LogP contribution in [0.2, 0.25) is 0 Å². The largest absolute Gasteiger partial charge is 0.252 e. The lowest BCUT2D eigenvalue weighted by atomic mass is 9.65. The summed E-state index contributed by atoms with van der Waals surface area (Å²) in [4.78, 5) is 1.35. The van der Waals surface area contributed by atoms with Crippen molar-refractivity contribution in [3.63, 3.8) is 0 Å². The second-order valence-electron chi connectivity index (χ2n) is 12.3. The van der Waals surface area contributed by atoms with Crippen molar-refractivity contribution >= 4 is 11.5 Å². The summed E-state index contributed by atoms with van der Waals surface area (Å²) < 4.78 is 32.4. The third-order valence-corrected chi connectivity index (χ3v) is 8.64. The van der Waals surface area contributed by atoms with E-state index in [0.717, 1.165) is 24.2 Å². The molecule has 1 aliphatic heterocycles. The average Bonchev–Trinajstić information content (AvgIpc) is 2.91. The predicted octanol–water partition coefficient (Wildman–Crippen LogP) is 8.28. The Kier molecular flexibility index (Phi) is 5.86. The lowest BCUT2D eigenvalue weighted by molar-refractivity contribution is 0.0571. The molecule has 0 aromatic carbocycles. The number of aryl methyl sites for hydroxylation is 1. The molecule has 1 fully saturated rings. The number of aromatic nitrogens is 1. The van der Waals surface area contributed by atoms with Crippen LogP contribution in [0.1, 0.15) is 97.7 Å². The van der Waals surface area contributed by atoms with Gasteiger partial charge in [-0.05, 0) is 78.9 Å². The zero-order chi connectivity index (χ0) is 23.6. The van der Waals surface area contributed by atoms with Crippen molar-refractivity contribution in [2.45, 2.75) is 112 Å². The summed E-state index contributed by atoms with van der Waals surface area (Å²) >= 11 is 1.61. The van der Waals surface area contributed by atoms with Crippen LogP contribution in [0.5, 0.6) is 0 Å². The zero-order valence-electron chi connectivity index (χ0n) is 20.9. The maximum atomic E-state index is 13.9. The number of hydrogen-bond acceptors (Lipinski definition) is 4. The second kappa shape index (κ2) is 7.43. The fraction of sp³-hybridized carbons (Fsp3) is 0.800. The Labute approximate surface area is 191 Å². The molecular formula is C25H39F2N3S. The van der Waals surface area contributed by atoms with Crippen LogP contribution >= 0.6 is 11.5 Å². The van der Waals surface area contributed by atoms with Crippen molar-refractivity contribution in [3.05, 3.63) is 27.4 Å². The quantitative estimate of drug-likeness (QED) is 0.411. The fourth-order valence-electron chi connectivity index (χ4n) is 5.92. The Morgan fingerprint density at radius 1 is 1.06 bits per heavy atom. The van der Waals surface area contributed by atoms with E-state index in [-0.39, 0.29) is 17.3 Å². The minimum Gasteiger partial charge on any atom is -0.207 e. The molecular weight excluding hydrogens is 412 g/mol. The molecule has 2 heterocycles. The standard InChI is InChI=1S/C25H39F2N3S/c1-15-17(20(31-29-15)21(3,4)5)11-12-22(6,7)19-16(2)28-30-24(19,10)14-23(8,9)18-13-25(18,26)27/h18H,11-14H2,1-10H3. The van der Waals surface area contributed by atoms with Crippen molar-refractivity contribution in [2.75, 3.05) is 0 Å². The number of halogens is 2.